The van der Waals surface area contributed by atoms with E-state index in [-0.39, 0.29) is 5.91 Å². The molecule has 1 atom stereocenters. The fourth-order valence-electron chi connectivity index (χ4n) is 0.783. The lowest BCUT2D eigenvalue weighted by atomic mass is 10.3. The molecule has 0 aromatic heterocycles. The number of carbonyl (C=O) groups is 1. The van der Waals surface area contributed by atoms with E-state index >= 15 is 0 Å². The molecule has 82 valence electrons. The summed E-state index contributed by atoms with van der Waals surface area (Å²) in [4.78, 5) is 11.2. The molecule has 6 heteroatoms. The Morgan fingerprint density at radius 2 is 1.86 bits per heavy atom. The Labute approximate surface area is 84.0 Å². The molecule has 0 saturated carbocycles. The Morgan fingerprint density at radius 1 is 1.43 bits per heavy atom. The van der Waals surface area contributed by atoms with Gasteiger partial charge in [-0.1, -0.05) is 6.58 Å². The van der Waals surface area contributed by atoms with Gasteiger partial charge in [-0.2, -0.15) is 0 Å². The summed E-state index contributed by atoms with van der Waals surface area (Å²) < 4.78 is 21.2. The SMILES string of the molecule is C=C(C)C(=O)NC(C)P(=O)(OC)OC. The first-order valence-electron chi connectivity index (χ1n) is 4.05. The molecule has 1 amide bonds. The Balaban J connectivity index is 4.48. The van der Waals surface area contributed by atoms with Gasteiger partial charge in [-0.15, -0.1) is 0 Å². The van der Waals surface area contributed by atoms with E-state index in [0.29, 0.717) is 5.57 Å². The van der Waals surface area contributed by atoms with E-state index in [4.69, 9.17) is 9.05 Å². The summed E-state index contributed by atoms with van der Waals surface area (Å²) in [5.41, 5.74) is 0.343. The van der Waals surface area contributed by atoms with Crippen molar-refractivity contribution in [1.29, 1.82) is 0 Å². The van der Waals surface area contributed by atoms with Crippen molar-refractivity contribution >= 4 is 13.5 Å². The second-order valence-electron chi connectivity index (χ2n) is 2.83. The fraction of sp³-hybridized carbons (Fsp3) is 0.625. The molecule has 0 aliphatic carbocycles. The van der Waals surface area contributed by atoms with Gasteiger partial charge in [-0.3, -0.25) is 9.36 Å². The third-order valence-corrected chi connectivity index (χ3v) is 3.81. The third-order valence-electron chi connectivity index (χ3n) is 1.71. The summed E-state index contributed by atoms with van der Waals surface area (Å²) in [5, 5.41) is 2.47. The highest BCUT2D eigenvalue weighted by atomic mass is 31.2. The van der Waals surface area contributed by atoms with Crippen LogP contribution in [-0.2, 0) is 18.4 Å². The number of nitrogens with one attached hydrogen (secondary N) is 1. The highest BCUT2D eigenvalue weighted by Gasteiger charge is 2.31. The van der Waals surface area contributed by atoms with Crippen LogP contribution >= 0.6 is 7.60 Å². The van der Waals surface area contributed by atoms with Gasteiger partial charge in [0.2, 0.25) is 5.91 Å². The second kappa shape index (κ2) is 5.29. The van der Waals surface area contributed by atoms with Gasteiger partial charge in [0, 0.05) is 19.8 Å². The van der Waals surface area contributed by atoms with E-state index in [1.807, 2.05) is 0 Å². The molecule has 14 heavy (non-hydrogen) atoms. The second-order valence-corrected chi connectivity index (χ2v) is 5.42. The number of hydrogen-bond acceptors (Lipinski definition) is 4. The Hall–Kier alpha value is -0.640. The first kappa shape index (κ1) is 13.4. The predicted molar refractivity (Wildman–Crippen MR) is 54.0 cm³/mol. The maximum atomic E-state index is 11.7. The van der Waals surface area contributed by atoms with Crippen LogP contribution in [0.4, 0.5) is 0 Å². The van der Waals surface area contributed by atoms with Crippen molar-refractivity contribution in [3.63, 3.8) is 0 Å². The molecule has 0 aliphatic heterocycles. The summed E-state index contributed by atoms with van der Waals surface area (Å²) in [6, 6.07) is 0. The van der Waals surface area contributed by atoms with Crippen LogP contribution in [0.2, 0.25) is 0 Å². The molecule has 5 nitrogen and oxygen atoms in total. The van der Waals surface area contributed by atoms with Crippen LogP contribution in [0.3, 0.4) is 0 Å². The Kier molecular flexibility index (Phi) is 5.05. The number of rotatable bonds is 5. The minimum Gasteiger partial charge on any atom is -0.338 e. The van der Waals surface area contributed by atoms with Crippen molar-refractivity contribution in [2.75, 3.05) is 14.2 Å². The van der Waals surface area contributed by atoms with Crippen LogP contribution in [-0.4, -0.2) is 25.9 Å². The molecule has 0 aromatic carbocycles. The zero-order valence-electron chi connectivity index (χ0n) is 8.86. The lowest BCUT2D eigenvalue weighted by molar-refractivity contribution is -0.117. The van der Waals surface area contributed by atoms with Crippen LogP contribution in [0.15, 0.2) is 12.2 Å². The average Bonchev–Trinajstić information content (AvgIpc) is 2.16. The highest BCUT2D eigenvalue weighted by Crippen LogP contribution is 2.50. The van der Waals surface area contributed by atoms with Gasteiger partial charge in [0.05, 0.1) is 0 Å². The maximum absolute atomic E-state index is 11.7. The molecule has 0 fully saturated rings. The molecule has 0 spiro atoms. The quantitative estimate of drug-likeness (QED) is 0.564. The van der Waals surface area contributed by atoms with Crippen molar-refractivity contribution < 1.29 is 18.4 Å². The smallest absolute Gasteiger partial charge is 0.338 e. The van der Waals surface area contributed by atoms with Crippen molar-refractivity contribution in [1.82, 2.24) is 5.32 Å². The fourth-order valence-corrected chi connectivity index (χ4v) is 1.84. The minimum atomic E-state index is -3.24. The summed E-state index contributed by atoms with van der Waals surface area (Å²) in [5.74, 6) is -1.06. The number of amides is 1. The van der Waals surface area contributed by atoms with Crippen molar-refractivity contribution in [2.45, 2.75) is 19.6 Å². The van der Waals surface area contributed by atoms with Crippen molar-refractivity contribution in [3.05, 3.63) is 12.2 Å². The van der Waals surface area contributed by atoms with Gasteiger partial charge in [-0.25, -0.2) is 0 Å². The Bertz CT molecular complexity index is 269. The monoisotopic (exact) mass is 221 g/mol. The van der Waals surface area contributed by atoms with Crippen LogP contribution in [0, 0.1) is 0 Å². The molecule has 0 heterocycles. The largest absolute Gasteiger partial charge is 0.351 e. The summed E-state index contributed by atoms with van der Waals surface area (Å²) in [7, 11) is -0.696. The third kappa shape index (κ3) is 3.25. The van der Waals surface area contributed by atoms with Gasteiger partial charge in [0.15, 0.2) is 0 Å². The van der Waals surface area contributed by atoms with E-state index in [0.717, 1.165) is 0 Å². The molecule has 0 radical (unpaired) electrons. The van der Waals surface area contributed by atoms with Gasteiger partial charge in [0.1, 0.15) is 5.78 Å². The lowest BCUT2D eigenvalue weighted by Crippen LogP contribution is -2.33. The first-order chi connectivity index (χ1) is 6.37. The van der Waals surface area contributed by atoms with Crippen molar-refractivity contribution in [2.24, 2.45) is 0 Å². The van der Waals surface area contributed by atoms with Crippen LogP contribution < -0.4 is 5.32 Å². The molecule has 0 aromatic rings. The number of hydrogen-bond donors (Lipinski definition) is 1. The molecular formula is C8H16NO4P. The summed E-state index contributed by atoms with van der Waals surface area (Å²) in [6.07, 6.45) is 0. The first-order valence-corrected chi connectivity index (χ1v) is 5.66. The minimum absolute atomic E-state index is 0.343. The van der Waals surface area contributed by atoms with E-state index in [9.17, 15) is 9.36 Å². The highest BCUT2D eigenvalue weighted by molar-refractivity contribution is 7.54. The van der Waals surface area contributed by atoms with Crippen LogP contribution in [0.5, 0.6) is 0 Å². The zero-order valence-corrected chi connectivity index (χ0v) is 9.76. The Morgan fingerprint density at radius 3 is 2.14 bits per heavy atom. The normalized spacial score (nSPS) is 13.4. The molecular weight excluding hydrogens is 205 g/mol. The van der Waals surface area contributed by atoms with Gasteiger partial charge in [-0.05, 0) is 13.8 Å². The number of carbonyl (C=O) groups excluding carboxylic acids is 1. The maximum Gasteiger partial charge on any atom is 0.351 e. The predicted octanol–water partition coefficient (Wildman–Crippen LogP) is 1.51. The standard InChI is InChI=1S/C8H16NO4P/c1-6(2)8(10)9-7(3)14(11,12-4)13-5/h7H,1H2,2-5H3,(H,9,10). The van der Waals surface area contributed by atoms with E-state index in [1.165, 1.54) is 14.2 Å². The summed E-state index contributed by atoms with van der Waals surface area (Å²) >= 11 is 0. The van der Waals surface area contributed by atoms with Crippen molar-refractivity contribution in [3.8, 4) is 0 Å². The lowest BCUT2D eigenvalue weighted by Gasteiger charge is -2.21. The summed E-state index contributed by atoms with van der Waals surface area (Å²) in [6.45, 7) is 6.57. The molecule has 0 saturated heterocycles. The van der Waals surface area contributed by atoms with Gasteiger partial charge in [0.25, 0.3) is 0 Å². The topological polar surface area (TPSA) is 64.6 Å². The van der Waals surface area contributed by atoms with Crippen LogP contribution in [0.25, 0.3) is 0 Å². The molecule has 0 bridgehead atoms. The average molecular weight is 221 g/mol. The van der Waals surface area contributed by atoms with Gasteiger partial charge < -0.3 is 14.4 Å². The van der Waals surface area contributed by atoms with Crippen LogP contribution in [0.1, 0.15) is 13.8 Å². The van der Waals surface area contributed by atoms with E-state index in [1.54, 1.807) is 13.8 Å². The van der Waals surface area contributed by atoms with E-state index in [2.05, 4.69) is 11.9 Å². The molecule has 1 N–H and O–H groups in total. The molecule has 0 aliphatic rings. The zero-order chi connectivity index (χ0) is 11.4. The van der Waals surface area contributed by atoms with Gasteiger partial charge >= 0.3 is 7.60 Å². The van der Waals surface area contributed by atoms with E-state index < -0.39 is 13.4 Å². The molecule has 1 unspecified atom stereocenters. The molecule has 0 rings (SSSR count).